The summed E-state index contributed by atoms with van der Waals surface area (Å²) in [5, 5.41) is 14.0. The van der Waals surface area contributed by atoms with Crippen molar-refractivity contribution in [3.63, 3.8) is 0 Å². The summed E-state index contributed by atoms with van der Waals surface area (Å²) < 4.78 is 5.41. The minimum absolute atomic E-state index is 0.155. The van der Waals surface area contributed by atoms with Gasteiger partial charge in [-0.15, -0.1) is 0 Å². The average molecular weight is 435 g/mol. The summed E-state index contributed by atoms with van der Waals surface area (Å²) in [6, 6.07) is 15.3. The van der Waals surface area contributed by atoms with Crippen molar-refractivity contribution in [3.05, 3.63) is 65.5 Å². The van der Waals surface area contributed by atoms with E-state index in [2.05, 4.69) is 22.0 Å². The third-order valence-electron chi connectivity index (χ3n) is 5.97. The molecule has 3 aromatic rings. The van der Waals surface area contributed by atoms with Gasteiger partial charge >= 0.3 is 0 Å². The van der Waals surface area contributed by atoms with E-state index in [1.165, 1.54) is 5.56 Å². The minimum Gasteiger partial charge on any atom is -0.508 e. The number of carbonyl (C=O) groups excluding carboxylic acids is 1. The lowest BCUT2D eigenvalue weighted by atomic mass is 10.1. The first kappa shape index (κ1) is 22.0. The Morgan fingerprint density at radius 1 is 1.03 bits per heavy atom. The van der Waals surface area contributed by atoms with Crippen molar-refractivity contribution in [2.45, 2.75) is 32.6 Å². The molecule has 0 aliphatic carbocycles. The molecule has 0 unspecified atom stereocenters. The van der Waals surface area contributed by atoms with Gasteiger partial charge in [0.15, 0.2) is 0 Å². The van der Waals surface area contributed by atoms with Crippen molar-refractivity contribution in [1.29, 1.82) is 0 Å². The second-order valence-electron chi connectivity index (χ2n) is 8.33. The molecule has 7 nitrogen and oxygen atoms in total. The van der Waals surface area contributed by atoms with Crippen LogP contribution in [0.4, 0.5) is 0 Å². The molecular formula is C25H30N4O3. The lowest BCUT2D eigenvalue weighted by molar-refractivity contribution is -0.132. The molecular weight excluding hydrogens is 404 g/mol. The van der Waals surface area contributed by atoms with Crippen LogP contribution < -0.4 is 0 Å². The van der Waals surface area contributed by atoms with Crippen molar-refractivity contribution in [3.8, 4) is 17.1 Å². The van der Waals surface area contributed by atoms with E-state index in [0.29, 0.717) is 24.6 Å². The Labute approximate surface area is 188 Å². The van der Waals surface area contributed by atoms with E-state index in [1.54, 1.807) is 12.1 Å². The number of piperazine rings is 1. The lowest BCUT2D eigenvalue weighted by Crippen LogP contribution is -2.48. The Morgan fingerprint density at radius 2 is 1.78 bits per heavy atom. The van der Waals surface area contributed by atoms with Crippen molar-refractivity contribution in [1.82, 2.24) is 19.9 Å². The van der Waals surface area contributed by atoms with Crippen LogP contribution in [-0.4, -0.2) is 63.7 Å². The summed E-state index contributed by atoms with van der Waals surface area (Å²) in [5.41, 5.74) is 3.00. The summed E-state index contributed by atoms with van der Waals surface area (Å²) in [6.07, 6.45) is 2.69. The Kier molecular flexibility index (Phi) is 7.17. The van der Waals surface area contributed by atoms with Gasteiger partial charge in [0, 0.05) is 44.6 Å². The highest BCUT2D eigenvalue weighted by Gasteiger charge is 2.21. The molecule has 2 aromatic carbocycles. The number of hydrogen-bond acceptors (Lipinski definition) is 6. The summed E-state index contributed by atoms with van der Waals surface area (Å²) >= 11 is 0. The van der Waals surface area contributed by atoms with E-state index in [-0.39, 0.29) is 11.7 Å². The SMILES string of the molecule is Cc1ccc(-c2noc(CCCN3CCN(C(=O)CCc4ccccc4O)CC3)n2)cc1. The molecule has 0 saturated carbocycles. The summed E-state index contributed by atoms with van der Waals surface area (Å²) in [5.74, 6) is 1.72. The minimum atomic E-state index is 0.155. The van der Waals surface area contributed by atoms with Crippen LogP contribution >= 0.6 is 0 Å². The predicted molar refractivity (Wildman–Crippen MR) is 122 cm³/mol. The van der Waals surface area contributed by atoms with Crippen LogP contribution in [0, 0.1) is 6.92 Å². The normalized spacial score (nSPS) is 14.6. The van der Waals surface area contributed by atoms with Gasteiger partial charge in [0.1, 0.15) is 5.75 Å². The highest BCUT2D eigenvalue weighted by atomic mass is 16.5. The first-order valence-corrected chi connectivity index (χ1v) is 11.2. The number of hydrogen-bond donors (Lipinski definition) is 1. The number of benzene rings is 2. The summed E-state index contributed by atoms with van der Waals surface area (Å²) in [7, 11) is 0. The molecule has 1 fully saturated rings. The largest absolute Gasteiger partial charge is 0.508 e. The zero-order valence-electron chi connectivity index (χ0n) is 18.5. The molecule has 0 spiro atoms. The number of aromatic nitrogens is 2. The molecule has 1 N–H and O–H groups in total. The molecule has 1 aliphatic rings. The molecule has 2 heterocycles. The van der Waals surface area contributed by atoms with Crippen LogP contribution in [-0.2, 0) is 17.6 Å². The molecule has 32 heavy (non-hydrogen) atoms. The molecule has 0 bridgehead atoms. The maximum atomic E-state index is 12.5. The van der Waals surface area contributed by atoms with Crippen LogP contribution in [0.15, 0.2) is 53.1 Å². The van der Waals surface area contributed by atoms with Gasteiger partial charge in [-0.2, -0.15) is 4.98 Å². The molecule has 1 saturated heterocycles. The topological polar surface area (TPSA) is 82.7 Å². The maximum Gasteiger partial charge on any atom is 0.227 e. The van der Waals surface area contributed by atoms with Crippen molar-refractivity contribution in [2.24, 2.45) is 0 Å². The fourth-order valence-corrected chi connectivity index (χ4v) is 3.97. The number of phenolic OH excluding ortho intramolecular Hbond substituents is 1. The number of carbonyl (C=O) groups is 1. The summed E-state index contributed by atoms with van der Waals surface area (Å²) in [4.78, 5) is 21.3. The maximum absolute atomic E-state index is 12.5. The number of nitrogens with zero attached hydrogens (tertiary/aromatic N) is 4. The van der Waals surface area contributed by atoms with E-state index >= 15 is 0 Å². The van der Waals surface area contributed by atoms with Gasteiger partial charge in [-0.05, 0) is 37.9 Å². The van der Waals surface area contributed by atoms with Crippen LogP contribution in [0.1, 0.15) is 29.9 Å². The van der Waals surface area contributed by atoms with E-state index < -0.39 is 0 Å². The number of rotatable bonds is 8. The van der Waals surface area contributed by atoms with Gasteiger partial charge in [0.2, 0.25) is 17.6 Å². The van der Waals surface area contributed by atoms with Crippen LogP contribution in [0.5, 0.6) is 5.75 Å². The van der Waals surface area contributed by atoms with Crippen molar-refractivity contribution in [2.75, 3.05) is 32.7 Å². The molecule has 4 rings (SSSR count). The van der Waals surface area contributed by atoms with E-state index in [4.69, 9.17) is 4.52 Å². The van der Waals surface area contributed by atoms with Crippen LogP contribution in [0.2, 0.25) is 0 Å². The smallest absolute Gasteiger partial charge is 0.227 e. The van der Waals surface area contributed by atoms with Crippen molar-refractivity contribution >= 4 is 5.91 Å². The van der Waals surface area contributed by atoms with Gasteiger partial charge in [-0.25, -0.2) is 0 Å². The standard InChI is InChI=1S/C25H30N4O3/c1-19-8-10-21(11-9-19)25-26-23(32-27-25)7-4-14-28-15-17-29(18-16-28)24(31)13-12-20-5-2-3-6-22(20)30/h2-3,5-6,8-11,30H,4,7,12-18H2,1H3. The van der Waals surface area contributed by atoms with Crippen molar-refractivity contribution < 1.29 is 14.4 Å². The summed E-state index contributed by atoms with van der Waals surface area (Å²) in [6.45, 7) is 6.25. The van der Waals surface area contributed by atoms with Gasteiger partial charge in [-0.1, -0.05) is 53.2 Å². The molecule has 1 aromatic heterocycles. The third-order valence-corrected chi connectivity index (χ3v) is 5.97. The molecule has 1 amide bonds. The Hall–Kier alpha value is -3.19. The number of phenols is 1. The molecule has 7 heteroatoms. The highest BCUT2D eigenvalue weighted by Crippen LogP contribution is 2.19. The third kappa shape index (κ3) is 5.73. The molecule has 0 atom stereocenters. The van der Waals surface area contributed by atoms with E-state index in [0.717, 1.165) is 56.7 Å². The monoisotopic (exact) mass is 434 g/mol. The lowest BCUT2D eigenvalue weighted by Gasteiger charge is -2.34. The van der Waals surface area contributed by atoms with Crippen LogP contribution in [0.3, 0.4) is 0 Å². The molecule has 1 aliphatic heterocycles. The first-order chi connectivity index (χ1) is 15.6. The molecule has 0 radical (unpaired) electrons. The van der Waals surface area contributed by atoms with Crippen LogP contribution in [0.25, 0.3) is 11.4 Å². The zero-order chi connectivity index (χ0) is 22.3. The highest BCUT2D eigenvalue weighted by molar-refractivity contribution is 5.76. The Balaban J connectivity index is 1.16. The zero-order valence-corrected chi connectivity index (χ0v) is 18.5. The first-order valence-electron chi connectivity index (χ1n) is 11.2. The Bertz CT molecular complexity index is 1020. The number of para-hydroxylation sites is 1. The molecule has 168 valence electrons. The fraction of sp³-hybridized carbons (Fsp3) is 0.400. The number of amides is 1. The Morgan fingerprint density at radius 3 is 2.53 bits per heavy atom. The predicted octanol–water partition coefficient (Wildman–Crippen LogP) is 3.46. The fourth-order valence-electron chi connectivity index (χ4n) is 3.97. The second-order valence-corrected chi connectivity index (χ2v) is 8.33. The van der Waals surface area contributed by atoms with Gasteiger partial charge in [-0.3, -0.25) is 9.69 Å². The van der Waals surface area contributed by atoms with E-state index in [9.17, 15) is 9.90 Å². The van der Waals surface area contributed by atoms with Gasteiger partial charge < -0.3 is 14.5 Å². The number of aromatic hydroxyl groups is 1. The van der Waals surface area contributed by atoms with E-state index in [1.807, 2.05) is 41.3 Å². The quantitative estimate of drug-likeness (QED) is 0.585. The van der Waals surface area contributed by atoms with Gasteiger partial charge in [0.05, 0.1) is 0 Å². The average Bonchev–Trinajstić information content (AvgIpc) is 3.28. The van der Waals surface area contributed by atoms with Gasteiger partial charge in [0.25, 0.3) is 0 Å². The number of aryl methyl sites for hydroxylation is 3. The second kappa shape index (κ2) is 10.4.